The molecule has 150 valence electrons. The Balaban J connectivity index is 1.89. The summed E-state index contributed by atoms with van der Waals surface area (Å²) in [5, 5.41) is 2.93. The highest BCUT2D eigenvalue weighted by molar-refractivity contribution is 9.10. The third-order valence-corrected chi connectivity index (χ3v) is 7.79. The van der Waals surface area contributed by atoms with E-state index in [1.54, 1.807) is 6.07 Å². The zero-order valence-electron chi connectivity index (χ0n) is 15.5. The van der Waals surface area contributed by atoms with Gasteiger partial charge in [-0.05, 0) is 71.6 Å². The number of halogens is 2. The van der Waals surface area contributed by atoms with Gasteiger partial charge in [0.25, 0.3) is 5.91 Å². The first kappa shape index (κ1) is 21.3. The Morgan fingerprint density at radius 2 is 1.75 bits per heavy atom. The Hall–Kier alpha value is -1.41. The number of nitrogens with zero attached hydrogens (tertiary/aromatic N) is 1. The summed E-state index contributed by atoms with van der Waals surface area (Å²) in [6.07, 6.45) is 3.71. The molecule has 1 saturated heterocycles. The van der Waals surface area contributed by atoms with E-state index in [1.165, 1.54) is 22.5 Å². The summed E-state index contributed by atoms with van der Waals surface area (Å²) >= 11 is 9.63. The summed E-state index contributed by atoms with van der Waals surface area (Å²) in [5.41, 5.74) is 1.91. The minimum atomic E-state index is -3.75. The topological polar surface area (TPSA) is 66.5 Å². The lowest BCUT2D eigenvalue weighted by Crippen LogP contribution is -2.32. The van der Waals surface area contributed by atoms with Gasteiger partial charge in [0.2, 0.25) is 10.0 Å². The molecule has 0 radical (unpaired) electrons. The second-order valence-corrected chi connectivity index (χ2v) is 10.1. The third kappa shape index (κ3) is 4.76. The molecule has 3 rings (SSSR count). The van der Waals surface area contributed by atoms with Crippen LogP contribution in [-0.4, -0.2) is 31.7 Å². The van der Waals surface area contributed by atoms with Crippen molar-refractivity contribution in [3.63, 3.8) is 0 Å². The van der Waals surface area contributed by atoms with Crippen molar-refractivity contribution < 1.29 is 13.2 Å². The van der Waals surface area contributed by atoms with Crippen LogP contribution in [0.5, 0.6) is 0 Å². The Morgan fingerprint density at radius 1 is 1.07 bits per heavy atom. The zero-order chi connectivity index (χ0) is 20.3. The molecular formula is C20H22BrClN2O3S. The van der Waals surface area contributed by atoms with Crippen LogP contribution in [0.15, 0.2) is 45.8 Å². The fourth-order valence-electron chi connectivity index (χ4n) is 3.18. The average molecular weight is 486 g/mol. The molecule has 0 unspecified atom stereocenters. The number of rotatable bonds is 4. The second-order valence-electron chi connectivity index (χ2n) is 6.90. The number of sulfonamides is 1. The second kappa shape index (κ2) is 8.95. The van der Waals surface area contributed by atoms with Crippen LogP contribution in [0.4, 0.5) is 5.69 Å². The van der Waals surface area contributed by atoms with Crippen molar-refractivity contribution in [3.05, 3.63) is 57.0 Å². The van der Waals surface area contributed by atoms with Crippen molar-refractivity contribution >= 4 is 49.1 Å². The van der Waals surface area contributed by atoms with E-state index in [0.717, 1.165) is 35.7 Å². The van der Waals surface area contributed by atoms with Crippen molar-refractivity contribution in [3.8, 4) is 0 Å². The van der Waals surface area contributed by atoms with E-state index in [2.05, 4.69) is 21.2 Å². The van der Waals surface area contributed by atoms with Gasteiger partial charge in [-0.15, -0.1) is 0 Å². The van der Waals surface area contributed by atoms with Crippen molar-refractivity contribution in [1.82, 2.24) is 4.31 Å². The molecule has 0 spiro atoms. The molecule has 5 nitrogen and oxygen atoms in total. The van der Waals surface area contributed by atoms with Crippen molar-refractivity contribution in [2.75, 3.05) is 18.4 Å². The maximum atomic E-state index is 13.1. The molecule has 1 amide bonds. The minimum Gasteiger partial charge on any atom is -0.321 e. The van der Waals surface area contributed by atoms with Gasteiger partial charge >= 0.3 is 0 Å². The fraction of sp³-hybridized carbons (Fsp3) is 0.350. The van der Waals surface area contributed by atoms with E-state index >= 15 is 0 Å². The largest absolute Gasteiger partial charge is 0.321 e. The average Bonchev–Trinajstić information content (AvgIpc) is 2.94. The normalized spacial score (nSPS) is 15.8. The number of benzene rings is 2. The van der Waals surface area contributed by atoms with Crippen molar-refractivity contribution in [2.45, 2.75) is 37.5 Å². The van der Waals surface area contributed by atoms with E-state index in [-0.39, 0.29) is 15.5 Å². The molecule has 1 fully saturated rings. The smallest absolute Gasteiger partial charge is 0.255 e. The van der Waals surface area contributed by atoms with Crippen LogP contribution < -0.4 is 5.32 Å². The van der Waals surface area contributed by atoms with Crippen LogP contribution in [0.1, 0.15) is 41.6 Å². The molecule has 0 atom stereocenters. The zero-order valence-corrected chi connectivity index (χ0v) is 18.7. The molecule has 8 heteroatoms. The van der Waals surface area contributed by atoms with Gasteiger partial charge < -0.3 is 5.32 Å². The molecule has 0 bridgehead atoms. The fourth-order valence-corrected chi connectivity index (χ4v) is 5.79. The SMILES string of the molecule is Cc1ccc(NC(=O)c2ccc(Cl)c(S(=O)(=O)N3CCCCCC3)c2)c(Br)c1. The highest BCUT2D eigenvalue weighted by atomic mass is 79.9. The van der Waals surface area contributed by atoms with Crippen LogP contribution >= 0.6 is 27.5 Å². The first-order valence-electron chi connectivity index (χ1n) is 9.16. The lowest BCUT2D eigenvalue weighted by molar-refractivity contribution is 0.102. The highest BCUT2D eigenvalue weighted by Crippen LogP contribution is 2.29. The van der Waals surface area contributed by atoms with Gasteiger partial charge in [-0.25, -0.2) is 8.42 Å². The summed E-state index contributed by atoms with van der Waals surface area (Å²) in [7, 11) is -3.75. The molecule has 1 heterocycles. The molecule has 0 aromatic heterocycles. The number of hydrogen-bond donors (Lipinski definition) is 1. The van der Waals surface area contributed by atoms with E-state index in [0.29, 0.717) is 18.8 Å². The Bertz CT molecular complexity index is 987. The van der Waals surface area contributed by atoms with Crippen LogP contribution in [-0.2, 0) is 10.0 Å². The third-order valence-electron chi connectivity index (χ3n) is 4.75. The number of carbonyl (C=O) groups excluding carboxylic acids is 1. The van der Waals surface area contributed by atoms with Crippen molar-refractivity contribution in [2.24, 2.45) is 0 Å². The number of amides is 1. The van der Waals surface area contributed by atoms with Gasteiger partial charge in [-0.1, -0.05) is 30.5 Å². The predicted octanol–water partition coefficient (Wildman–Crippen LogP) is 5.23. The minimum absolute atomic E-state index is 0.0216. The lowest BCUT2D eigenvalue weighted by Gasteiger charge is -2.21. The molecule has 0 aliphatic carbocycles. The van der Waals surface area contributed by atoms with Gasteiger partial charge in [-0.2, -0.15) is 4.31 Å². The van der Waals surface area contributed by atoms with E-state index < -0.39 is 15.9 Å². The number of nitrogens with one attached hydrogen (secondary N) is 1. The summed E-state index contributed by atoms with van der Waals surface area (Å²) < 4.78 is 28.4. The molecule has 0 saturated carbocycles. The quantitative estimate of drug-likeness (QED) is 0.645. The maximum absolute atomic E-state index is 13.1. The van der Waals surface area contributed by atoms with Gasteiger partial charge in [0.15, 0.2) is 0 Å². The number of aryl methyl sites for hydroxylation is 1. The molecule has 2 aromatic rings. The molecule has 1 aliphatic heterocycles. The molecule has 2 aromatic carbocycles. The number of anilines is 1. The Kier molecular flexibility index (Phi) is 6.81. The number of carbonyl (C=O) groups is 1. The van der Waals surface area contributed by atoms with Gasteiger partial charge in [0.05, 0.1) is 10.7 Å². The Morgan fingerprint density at radius 3 is 2.39 bits per heavy atom. The lowest BCUT2D eigenvalue weighted by atomic mass is 10.2. The maximum Gasteiger partial charge on any atom is 0.255 e. The summed E-state index contributed by atoms with van der Waals surface area (Å²) in [6.45, 7) is 2.91. The van der Waals surface area contributed by atoms with E-state index in [1.807, 2.05) is 19.1 Å². The Labute approximate surface area is 179 Å². The molecule has 1 aliphatic rings. The first-order chi connectivity index (χ1) is 13.3. The monoisotopic (exact) mass is 484 g/mol. The van der Waals surface area contributed by atoms with Gasteiger partial charge in [0.1, 0.15) is 4.90 Å². The van der Waals surface area contributed by atoms with Crippen LogP contribution in [0, 0.1) is 6.92 Å². The van der Waals surface area contributed by atoms with Crippen LogP contribution in [0.25, 0.3) is 0 Å². The molecule has 1 N–H and O–H groups in total. The summed E-state index contributed by atoms with van der Waals surface area (Å²) in [5.74, 6) is -0.395. The molecular weight excluding hydrogens is 464 g/mol. The van der Waals surface area contributed by atoms with E-state index in [9.17, 15) is 13.2 Å². The van der Waals surface area contributed by atoms with Crippen LogP contribution in [0.3, 0.4) is 0 Å². The predicted molar refractivity (Wildman–Crippen MR) is 116 cm³/mol. The number of hydrogen-bond acceptors (Lipinski definition) is 3. The summed E-state index contributed by atoms with van der Waals surface area (Å²) in [6, 6.07) is 9.93. The van der Waals surface area contributed by atoms with Gasteiger partial charge in [-0.3, -0.25) is 4.79 Å². The highest BCUT2D eigenvalue weighted by Gasteiger charge is 2.28. The van der Waals surface area contributed by atoms with Crippen LogP contribution in [0.2, 0.25) is 5.02 Å². The molecule has 28 heavy (non-hydrogen) atoms. The standard InChI is InChI=1S/C20H22BrClN2O3S/c1-14-6-9-18(16(21)12-14)23-20(25)15-7-8-17(22)19(13-15)28(26,27)24-10-4-2-3-5-11-24/h6-9,12-13H,2-5,10-11H2,1H3,(H,23,25). The van der Waals surface area contributed by atoms with E-state index in [4.69, 9.17) is 11.6 Å². The van der Waals surface area contributed by atoms with Crippen molar-refractivity contribution in [1.29, 1.82) is 0 Å². The first-order valence-corrected chi connectivity index (χ1v) is 11.8. The van der Waals surface area contributed by atoms with Gasteiger partial charge in [0, 0.05) is 23.1 Å². The summed E-state index contributed by atoms with van der Waals surface area (Å²) in [4.78, 5) is 12.7.